The number of aryl methyl sites for hydroxylation is 1. The first kappa shape index (κ1) is 10.0. The van der Waals surface area contributed by atoms with Crippen LogP contribution in [0.15, 0.2) is 49.3 Å². The molecule has 1 heteroatoms. The number of hydrogen-bond donors (Lipinski definition) is 0. The Balaban J connectivity index is 1.99. The molecule has 1 aliphatic rings. The van der Waals surface area contributed by atoms with Crippen LogP contribution in [0, 0.1) is 0 Å². The first-order chi connectivity index (χ1) is 7.40. The third kappa shape index (κ3) is 2.50. The average molecular weight is 200 g/mol. The van der Waals surface area contributed by atoms with Gasteiger partial charge in [0.1, 0.15) is 6.10 Å². The third-order valence-electron chi connectivity index (χ3n) is 2.79. The van der Waals surface area contributed by atoms with E-state index in [1.807, 2.05) is 6.08 Å². The van der Waals surface area contributed by atoms with Crippen molar-refractivity contribution in [2.75, 3.05) is 0 Å². The van der Waals surface area contributed by atoms with Gasteiger partial charge in [0, 0.05) is 6.42 Å². The molecule has 0 aromatic heterocycles. The molecule has 0 saturated carbocycles. The molecule has 15 heavy (non-hydrogen) atoms. The van der Waals surface area contributed by atoms with Gasteiger partial charge in [-0.25, -0.2) is 0 Å². The molecular formula is C14H16O. The monoisotopic (exact) mass is 200 g/mol. The van der Waals surface area contributed by atoms with Gasteiger partial charge in [0.2, 0.25) is 0 Å². The Morgan fingerprint density at radius 2 is 2.07 bits per heavy atom. The molecule has 0 saturated heterocycles. The van der Waals surface area contributed by atoms with E-state index in [1.54, 1.807) is 12.3 Å². The summed E-state index contributed by atoms with van der Waals surface area (Å²) in [6.45, 7) is 3.61. The fourth-order valence-electron chi connectivity index (χ4n) is 1.99. The second-order valence-corrected chi connectivity index (χ2v) is 3.83. The van der Waals surface area contributed by atoms with E-state index in [-0.39, 0.29) is 0 Å². The Morgan fingerprint density at radius 1 is 1.27 bits per heavy atom. The van der Waals surface area contributed by atoms with E-state index in [1.165, 1.54) is 11.1 Å². The van der Waals surface area contributed by atoms with Gasteiger partial charge in [0.05, 0.1) is 6.26 Å². The van der Waals surface area contributed by atoms with E-state index >= 15 is 0 Å². The minimum Gasteiger partial charge on any atom is -0.498 e. The molecule has 0 spiro atoms. The molecule has 1 aromatic carbocycles. The highest BCUT2D eigenvalue weighted by Crippen LogP contribution is 2.22. The number of allylic oxidation sites excluding steroid dienone is 2. The SMILES string of the molecule is C=CC=COC1CCc2ccccc2C1. The maximum atomic E-state index is 5.63. The fourth-order valence-corrected chi connectivity index (χ4v) is 1.99. The number of benzene rings is 1. The highest BCUT2D eigenvalue weighted by atomic mass is 16.5. The normalized spacial score (nSPS) is 19.9. The van der Waals surface area contributed by atoms with Crippen LogP contribution in [-0.2, 0) is 17.6 Å². The van der Waals surface area contributed by atoms with E-state index in [4.69, 9.17) is 4.74 Å². The van der Waals surface area contributed by atoms with Crippen LogP contribution in [0.1, 0.15) is 17.5 Å². The van der Waals surface area contributed by atoms with Gasteiger partial charge >= 0.3 is 0 Å². The smallest absolute Gasteiger partial charge is 0.102 e. The third-order valence-corrected chi connectivity index (χ3v) is 2.79. The molecule has 1 aromatic rings. The fraction of sp³-hybridized carbons (Fsp3) is 0.286. The summed E-state index contributed by atoms with van der Waals surface area (Å²) in [5.74, 6) is 0. The maximum Gasteiger partial charge on any atom is 0.102 e. The maximum absolute atomic E-state index is 5.63. The average Bonchev–Trinajstić information content (AvgIpc) is 2.29. The zero-order valence-electron chi connectivity index (χ0n) is 8.86. The molecule has 0 amide bonds. The number of ether oxygens (including phenoxy) is 1. The minimum atomic E-state index is 0.330. The van der Waals surface area contributed by atoms with Gasteiger partial charge in [-0.1, -0.05) is 36.9 Å². The first-order valence-corrected chi connectivity index (χ1v) is 5.40. The Labute approximate surface area is 91.1 Å². The van der Waals surface area contributed by atoms with Gasteiger partial charge < -0.3 is 4.74 Å². The van der Waals surface area contributed by atoms with E-state index in [0.717, 1.165) is 19.3 Å². The van der Waals surface area contributed by atoms with Crippen LogP contribution in [0.25, 0.3) is 0 Å². The summed E-state index contributed by atoms with van der Waals surface area (Å²) in [7, 11) is 0. The van der Waals surface area contributed by atoms with E-state index in [0.29, 0.717) is 6.10 Å². The lowest BCUT2D eigenvalue weighted by molar-refractivity contribution is 0.130. The summed E-state index contributed by atoms with van der Waals surface area (Å²) >= 11 is 0. The zero-order chi connectivity index (χ0) is 10.5. The van der Waals surface area contributed by atoms with Gasteiger partial charge in [0.25, 0.3) is 0 Å². The van der Waals surface area contributed by atoms with Crippen LogP contribution in [-0.4, -0.2) is 6.10 Å². The van der Waals surface area contributed by atoms with Crippen LogP contribution in [0.2, 0.25) is 0 Å². The van der Waals surface area contributed by atoms with Gasteiger partial charge in [0.15, 0.2) is 0 Å². The van der Waals surface area contributed by atoms with Crippen LogP contribution >= 0.6 is 0 Å². The summed E-state index contributed by atoms with van der Waals surface area (Å²) in [6, 6.07) is 8.62. The van der Waals surface area contributed by atoms with Crippen molar-refractivity contribution in [3.63, 3.8) is 0 Å². The van der Waals surface area contributed by atoms with Crippen molar-refractivity contribution in [2.24, 2.45) is 0 Å². The standard InChI is InChI=1S/C14H16O/c1-2-3-10-15-14-9-8-12-6-4-5-7-13(12)11-14/h2-7,10,14H,1,8-9,11H2. The van der Waals surface area contributed by atoms with Crippen molar-refractivity contribution < 1.29 is 4.74 Å². The molecule has 1 unspecified atom stereocenters. The summed E-state index contributed by atoms with van der Waals surface area (Å²) in [5, 5.41) is 0. The van der Waals surface area contributed by atoms with Gasteiger partial charge in [-0.3, -0.25) is 0 Å². The quantitative estimate of drug-likeness (QED) is 0.537. The molecular weight excluding hydrogens is 184 g/mol. The predicted octanol–water partition coefficient (Wildman–Crippen LogP) is 3.26. The number of hydrogen-bond acceptors (Lipinski definition) is 1. The van der Waals surface area contributed by atoms with Crippen molar-refractivity contribution in [3.8, 4) is 0 Å². The molecule has 78 valence electrons. The highest BCUT2D eigenvalue weighted by molar-refractivity contribution is 5.30. The molecule has 2 rings (SSSR count). The lowest BCUT2D eigenvalue weighted by Crippen LogP contribution is -2.20. The van der Waals surface area contributed by atoms with E-state index < -0.39 is 0 Å². The largest absolute Gasteiger partial charge is 0.498 e. The summed E-state index contributed by atoms with van der Waals surface area (Å²) in [5.41, 5.74) is 2.91. The van der Waals surface area contributed by atoms with Crippen LogP contribution in [0.5, 0.6) is 0 Å². The van der Waals surface area contributed by atoms with Crippen molar-refractivity contribution in [1.29, 1.82) is 0 Å². The molecule has 0 radical (unpaired) electrons. The lowest BCUT2D eigenvalue weighted by atomic mass is 9.90. The minimum absolute atomic E-state index is 0.330. The van der Waals surface area contributed by atoms with Gasteiger partial charge in [-0.2, -0.15) is 0 Å². The van der Waals surface area contributed by atoms with Crippen molar-refractivity contribution in [2.45, 2.75) is 25.4 Å². The van der Waals surface area contributed by atoms with Gasteiger partial charge in [-0.05, 0) is 30.0 Å². The van der Waals surface area contributed by atoms with Crippen molar-refractivity contribution in [1.82, 2.24) is 0 Å². The van der Waals surface area contributed by atoms with Gasteiger partial charge in [-0.15, -0.1) is 0 Å². The zero-order valence-corrected chi connectivity index (χ0v) is 8.86. The summed E-state index contributed by atoms with van der Waals surface area (Å²) in [6.07, 6.45) is 8.90. The second-order valence-electron chi connectivity index (χ2n) is 3.83. The second kappa shape index (κ2) is 4.83. The highest BCUT2D eigenvalue weighted by Gasteiger charge is 2.17. The first-order valence-electron chi connectivity index (χ1n) is 5.40. The molecule has 1 atom stereocenters. The molecule has 1 nitrogen and oxygen atoms in total. The Kier molecular flexibility index (Phi) is 3.23. The van der Waals surface area contributed by atoms with Crippen molar-refractivity contribution >= 4 is 0 Å². The topological polar surface area (TPSA) is 9.23 Å². The van der Waals surface area contributed by atoms with E-state index in [9.17, 15) is 0 Å². The number of fused-ring (bicyclic) bond motifs is 1. The molecule has 0 N–H and O–H groups in total. The van der Waals surface area contributed by atoms with Crippen LogP contribution in [0.3, 0.4) is 0 Å². The van der Waals surface area contributed by atoms with Crippen molar-refractivity contribution in [3.05, 3.63) is 60.4 Å². The summed E-state index contributed by atoms with van der Waals surface area (Å²) in [4.78, 5) is 0. The molecule has 0 bridgehead atoms. The lowest BCUT2D eigenvalue weighted by Gasteiger charge is -2.23. The molecule has 0 aliphatic heterocycles. The number of rotatable bonds is 3. The molecule has 0 heterocycles. The van der Waals surface area contributed by atoms with Crippen LogP contribution < -0.4 is 0 Å². The predicted molar refractivity (Wildman–Crippen MR) is 62.7 cm³/mol. The molecule has 0 fully saturated rings. The molecule has 1 aliphatic carbocycles. The van der Waals surface area contributed by atoms with E-state index in [2.05, 4.69) is 30.8 Å². The van der Waals surface area contributed by atoms with Crippen LogP contribution in [0.4, 0.5) is 0 Å². The Hall–Kier alpha value is -1.50. The summed E-state index contributed by atoms with van der Waals surface area (Å²) < 4.78 is 5.63. The Morgan fingerprint density at radius 3 is 2.87 bits per heavy atom. The Bertz CT molecular complexity index is 365.